The van der Waals surface area contributed by atoms with Gasteiger partial charge in [-0.25, -0.2) is 9.59 Å². The molecule has 10 heteroatoms. The summed E-state index contributed by atoms with van der Waals surface area (Å²) in [5, 5.41) is 13.3. The van der Waals surface area contributed by atoms with Gasteiger partial charge in [-0.2, -0.15) is 0 Å². The number of nitro groups is 1. The van der Waals surface area contributed by atoms with Crippen LogP contribution in [0.1, 0.15) is 17.3 Å². The Morgan fingerprint density at radius 2 is 2.12 bits per heavy atom. The molecule has 0 unspecified atom stereocenters. The van der Waals surface area contributed by atoms with E-state index in [1.54, 1.807) is 0 Å². The van der Waals surface area contributed by atoms with E-state index < -0.39 is 28.9 Å². The first-order valence-electron chi connectivity index (χ1n) is 6.97. The van der Waals surface area contributed by atoms with E-state index in [2.05, 4.69) is 5.32 Å². The fourth-order valence-corrected chi connectivity index (χ4v) is 2.14. The highest BCUT2D eigenvalue weighted by atomic mass is 16.6. The molecule has 1 fully saturated rings. The number of nitrogens with zero attached hydrogens (tertiary/aromatic N) is 2. The van der Waals surface area contributed by atoms with Crippen LogP contribution >= 0.6 is 0 Å². The van der Waals surface area contributed by atoms with Crippen molar-refractivity contribution in [3.05, 3.63) is 33.9 Å². The van der Waals surface area contributed by atoms with E-state index in [0.717, 1.165) is 11.0 Å². The first-order valence-corrected chi connectivity index (χ1v) is 6.97. The molecular weight excluding hydrogens is 322 g/mol. The molecule has 2 rings (SSSR count). The normalized spacial score (nSPS) is 14.8. The van der Waals surface area contributed by atoms with Crippen molar-refractivity contribution in [3.63, 3.8) is 0 Å². The molecule has 1 heterocycles. The number of benzene rings is 1. The zero-order chi connectivity index (χ0) is 17.9. The summed E-state index contributed by atoms with van der Waals surface area (Å²) < 4.78 is 10.0. The zero-order valence-electron chi connectivity index (χ0n) is 13.0. The minimum Gasteiger partial charge on any atom is -0.496 e. The van der Waals surface area contributed by atoms with Gasteiger partial charge in [0.2, 0.25) is 0 Å². The van der Waals surface area contributed by atoms with Gasteiger partial charge in [0, 0.05) is 25.2 Å². The third kappa shape index (κ3) is 3.42. The number of carbonyl (C=O) groups is 3. The fourth-order valence-electron chi connectivity index (χ4n) is 2.14. The second-order valence-electron chi connectivity index (χ2n) is 4.91. The maximum atomic E-state index is 12.2. The van der Waals surface area contributed by atoms with Gasteiger partial charge < -0.3 is 14.8 Å². The van der Waals surface area contributed by atoms with E-state index in [4.69, 9.17) is 9.47 Å². The lowest BCUT2D eigenvalue weighted by Crippen LogP contribution is -2.41. The maximum Gasteiger partial charge on any atom is 0.342 e. The number of non-ortho nitro benzene ring substituents is 1. The summed E-state index contributed by atoms with van der Waals surface area (Å²) in [6, 6.07) is 2.88. The quantitative estimate of drug-likeness (QED) is 0.476. The number of imide groups is 1. The standard InChI is InChI=1S/C14H15N3O7/c1-8(12(18)16-6-5-15-14(16)20)24-13(19)10-7-9(17(21)22)3-4-11(10)23-2/h3-4,7-8H,5-6H2,1-2H3,(H,15,20)/t8-/m0/s1. The molecule has 3 amide bonds. The Morgan fingerprint density at radius 1 is 1.42 bits per heavy atom. The number of hydrogen-bond acceptors (Lipinski definition) is 7. The molecule has 0 bridgehead atoms. The number of esters is 1. The van der Waals surface area contributed by atoms with Crippen molar-refractivity contribution in [2.45, 2.75) is 13.0 Å². The predicted octanol–water partition coefficient (Wildman–Crippen LogP) is 0.700. The average Bonchev–Trinajstić information content (AvgIpc) is 2.99. The molecule has 1 aromatic rings. The molecule has 0 saturated carbocycles. The van der Waals surface area contributed by atoms with Gasteiger partial charge in [-0.3, -0.25) is 19.8 Å². The van der Waals surface area contributed by atoms with Crippen LogP contribution in [-0.2, 0) is 9.53 Å². The van der Waals surface area contributed by atoms with Crippen LogP contribution < -0.4 is 10.1 Å². The van der Waals surface area contributed by atoms with Crippen LogP contribution in [0.4, 0.5) is 10.5 Å². The van der Waals surface area contributed by atoms with E-state index in [9.17, 15) is 24.5 Å². The fraction of sp³-hybridized carbons (Fsp3) is 0.357. The zero-order valence-corrected chi connectivity index (χ0v) is 13.0. The topological polar surface area (TPSA) is 128 Å². The third-order valence-electron chi connectivity index (χ3n) is 3.37. The molecule has 0 spiro atoms. The number of urea groups is 1. The van der Waals surface area contributed by atoms with Crippen molar-refractivity contribution in [2.24, 2.45) is 0 Å². The van der Waals surface area contributed by atoms with Crippen molar-refractivity contribution in [1.29, 1.82) is 0 Å². The highest BCUT2D eigenvalue weighted by Crippen LogP contribution is 2.25. The molecule has 10 nitrogen and oxygen atoms in total. The highest BCUT2D eigenvalue weighted by Gasteiger charge is 2.32. The van der Waals surface area contributed by atoms with Crippen LogP contribution in [0, 0.1) is 10.1 Å². The number of ether oxygens (including phenoxy) is 2. The van der Waals surface area contributed by atoms with Gasteiger partial charge in [-0.1, -0.05) is 0 Å². The molecule has 1 aliphatic heterocycles. The van der Waals surface area contributed by atoms with Crippen molar-refractivity contribution in [2.75, 3.05) is 20.2 Å². The Bertz CT molecular complexity index is 704. The first-order chi connectivity index (χ1) is 11.3. The molecular formula is C14H15N3O7. The van der Waals surface area contributed by atoms with Gasteiger partial charge in [0.15, 0.2) is 6.10 Å². The number of carbonyl (C=O) groups excluding carboxylic acids is 3. The first kappa shape index (κ1) is 17.2. The minimum atomic E-state index is -1.23. The Hall–Kier alpha value is -3.17. The third-order valence-corrected chi connectivity index (χ3v) is 3.37. The van der Waals surface area contributed by atoms with Gasteiger partial charge >= 0.3 is 12.0 Å². The molecule has 0 aliphatic carbocycles. The lowest BCUT2D eigenvalue weighted by molar-refractivity contribution is -0.384. The number of nitrogens with one attached hydrogen (secondary N) is 1. The molecule has 1 aromatic carbocycles. The van der Waals surface area contributed by atoms with E-state index >= 15 is 0 Å². The van der Waals surface area contributed by atoms with Crippen LogP contribution in [-0.4, -0.2) is 54.0 Å². The molecule has 0 aromatic heterocycles. The number of methoxy groups -OCH3 is 1. The largest absolute Gasteiger partial charge is 0.496 e. The van der Waals surface area contributed by atoms with Crippen molar-refractivity contribution in [1.82, 2.24) is 10.2 Å². The molecule has 1 aliphatic rings. The molecule has 24 heavy (non-hydrogen) atoms. The summed E-state index contributed by atoms with van der Waals surface area (Å²) in [5.74, 6) is -1.57. The van der Waals surface area contributed by atoms with E-state index in [1.807, 2.05) is 0 Å². The minimum absolute atomic E-state index is 0.0733. The SMILES string of the molecule is COc1ccc([N+](=O)[O-])cc1C(=O)O[C@@H](C)C(=O)N1CCNC1=O. The summed E-state index contributed by atoms with van der Waals surface area (Å²) >= 11 is 0. The second-order valence-corrected chi connectivity index (χ2v) is 4.91. The van der Waals surface area contributed by atoms with Crippen molar-refractivity contribution in [3.8, 4) is 5.75 Å². The molecule has 1 saturated heterocycles. The summed E-state index contributed by atoms with van der Waals surface area (Å²) in [6.07, 6.45) is -1.23. The second kappa shape index (κ2) is 6.94. The van der Waals surface area contributed by atoms with E-state index in [1.165, 1.54) is 26.2 Å². The van der Waals surface area contributed by atoms with Crippen LogP contribution in [0.2, 0.25) is 0 Å². The summed E-state index contributed by atoms with van der Waals surface area (Å²) in [6.45, 7) is 1.82. The van der Waals surface area contributed by atoms with Gasteiger partial charge in [-0.05, 0) is 13.0 Å². The van der Waals surface area contributed by atoms with Crippen LogP contribution in [0.15, 0.2) is 18.2 Å². The van der Waals surface area contributed by atoms with E-state index in [-0.39, 0.29) is 23.5 Å². The number of nitro benzene ring substituents is 1. The van der Waals surface area contributed by atoms with Gasteiger partial charge in [0.25, 0.3) is 11.6 Å². The number of hydrogen-bond donors (Lipinski definition) is 1. The summed E-state index contributed by atoms with van der Waals surface area (Å²) in [4.78, 5) is 46.9. The van der Waals surface area contributed by atoms with Gasteiger partial charge in [0.05, 0.1) is 12.0 Å². The molecule has 1 N–H and O–H groups in total. The Labute approximate surface area is 136 Å². The monoisotopic (exact) mass is 337 g/mol. The van der Waals surface area contributed by atoms with Crippen molar-refractivity contribution >= 4 is 23.6 Å². The lowest BCUT2D eigenvalue weighted by Gasteiger charge is -2.18. The Morgan fingerprint density at radius 3 is 2.67 bits per heavy atom. The Kier molecular flexibility index (Phi) is 4.97. The van der Waals surface area contributed by atoms with Crippen LogP contribution in [0.25, 0.3) is 0 Å². The Balaban J connectivity index is 2.16. The molecule has 128 valence electrons. The smallest absolute Gasteiger partial charge is 0.342 e. The number of rotatable bonds is 5. The highest BCUT2D eigenvalue weighted by molar-refractivity contribution is 6.00. The van der Waals surface area contributed by atoms with Gasteiger partial charge in [-0.15, -0.1) is 0 Å². The predicted molar refractivity (Wildman–Crippen MR) is 79.6 cm³/mol. The van der Waals surface area contributed by atoms with Crippen LogP contribution in [0.3, 0.4) is 0 Å². The van der Waals surface area contributed by atoms with E-state index in [0.29, 0.717) is 6.54 Å². The average molecular weight is 337 g/mol. The van der Waals surface area contributed by atoms with Gasteiger partial charge in [0.1, 0.15) is 11.3 Å². The summed E-state index contributed by atoms with van der Waals surface area (Å²) in [7, 11) is 1.29. The maximum absolute atomic E-state index is 12.2. The molecule has 0 radical (unpaired) electrons. The number of amides is 3. The summed E-state index contributed by atoms with van der Waals surface area (Å²) in [5.41, 5.74) is -0.502. The lowest BCUT2D eigenvalue weighted by atomic mass is 10.1. The van der Waals surface area contributed by atoms with Crippen LogP contribution in [0.5, 0.6) is 5.75 Å². The van der Waals surface area contributed by atoms with Crippen molar-refractivity contribution < 1.29 is 28.8 Å². The molecule has 1 atom stereocenters.